The van der Waals surface area contributed by atoms with Gasteiger partial charge >= 0.3 is 5.97 Å². The van der Waals surface area contributed by atoms with Crippen molar-refractivity contribution in [1.29, 1.82) is 0 Å². The van der Waals surface area contributed by atoms with Gasteiger partial charge in [0.25, 0.3) is 0 Å². The summed E-state index contributed by atoms with van der Waals surface area (Å²) in [6.45, 7) is 0.329. The number of nitrogens with two attached hydrogens (primary N) is 1. The van der Waals surface area contributed by atoms with E-state index in [0.29, 0.717) is 18.4 Å². The van der Waals surface area contributed by atoms with Crippen LogP contribution in [0.2, 0.25) is 0 Å². The van der Waals surface area contributed by atoms with Crippen molar-refractivity contribution in [3.05, 3.63) is 35.9 Å². The fraction of sp³-hybridized carbons (Fsp3) is 0.562. The molecule has 3 heteroatoms. The molecule has 3 aliphatic rings. The molecule has 3 saturated carbocycles. The molecular formula is C16H21NO2. The first-order valence-electron chi connectivity index (χ1n) is 7.18. The molecule has 0 spiro atoms. The maximum atomic E-state index is 12.3. The highest BCUT2D eigenvalue weighted by atomic mass is 16.5. The first-order chi connectivity index (χ1) is 9.18. The zero-order valence-electron chi connectivity index (χ0n) is 11.2. The van der Waals surface area contributed by atoms with Gasteiger partial charge in [-0.2, -0.15) is 0 Å². The molecule has 19 heavy (non-hydrogen) atoms. The van der Waals surface area contributed by atoms with E-state index in [4.69, 9.17) is 10.5 Å². The maximum Gasteiger partial charge on any atom is 0.326 e. The summed E-state index contributed by atoms with van der Waals surface area (Å²) in [5.41, 5.74) is 6.67. The molecule has 1 aromatic carbocycles. The molecule has 0 radical (unpaired) electrons. The third-order valence-corrected chi connectivity index (χ3v) is 4.79. The summed E-state index contributed by atoms with van der Waals surface area (Å²) in [5, 5.41) is 0. The van der Waals surface area contributed by atoms with Crippen LogP contribution < -0.4 is 5.73 Å². The summed E-state index contributed by atoms with van der Waals surface area (Å²) in [6.07, 6.45) is 5.44. The minimum atomic E-state index is -0.726. The Hall–Kier alpha value is -1.35. The van der Waals surface area contributed by atoms with Crippen LogP contribution in [0.3, 0.4) is 0 Å². The number of carbonyl (C=O) groups is 1. The van der Waals surface area contributed by atoms with E-state index in [9.17, 15) is 4.79 Å². The normalized spacial score (nSPS) is 33.1. The van der Waals surface area contributed by atoms with Crippen LogP contribution in [0.1, 0.15) is 37.7 Å². The number of ether oxygens (including phenoxy) is 1. The van der Waals surface area contributed by atoms with Crippen LogP contribution >= 0.6 is 0 Å². The Labute approximate surface area is 114 Å². The van der Waals surface area contributed by atoms with Crippen LogP contribution in [0.4, 0.5) is 0 Å². The van der Waals surface area contributed by atoms with Gasteiger partial charge in [0.05, 0.1) is 0 Å². The number of esters is 1. The molecule has 0 aromatic heterocycles. The second-order valence-electron chi connectivity index (χ2n) is 6.02. The van der Waals surface area contributed by atoms with Gasteiger partial charge in [-0.1, -0.05) is 43.2 Å². The fourth-order valence-corrected chi connectivity index (χ4v) is 3.63. The maximum absolute atomic E-state index is 12.3. The van der Waals surface area contributed by atoms with Gasteiger partial charge in [-0.3, -0.25) is 4.79 Å². The summed E-state index contributed by atoms with van der Waals surface area (Å²) in [7, 11) is 0. The van der Waals surface area contributed by atoms with Crippen LogP contribution in [0, 0.1) is 11.8 Å². The van der Waals surface area contributed by atoms with Crippen molar-refractivity contribution in [3.8, 4) is 0 Å². The highest BCUT2D eigenvalue weighted by Gasteiger charge is 2.50. The zero-order valence-corrected chi connectivity index (χ0v) is 11.2. The molecule has 1 atom stereocenters. The summed E-state index contributed by atoms with van der Waals surface area (Å²) >= 11 is 0. The summed E-state index contributed by atoms with van der Waals surface area (Å²) in [6, 6.07) is 9.77. The van der Waals surface area contributed by atoms with Crippen molar-refractivity contribution >= 4 is 5.97 Å². The first-order valence-corrected chi connectivity index (χ1v) is 7.18. The van der Waals surface area contributed by atoms with Crippen LogP contribution in [0.5, 0.6) is 0 Å². The van der Waals surface area contributed by atoms with E-state index in [-0.39, 0.29) is 5.97 Å². The lowest BCUT2D eigenvalue weighted by Crippen LogP contribution is -2.60. The smallest absolute Gasteiger partial charge is 0.326 e. The fourth-order valence-electron chi connectivity index (χ4n) is 3.63. The van der Waals surface area contributed by atoms with Crippen LogP contribution in [0.25, 0.3) is 0 Å². The lowest BCUT2D eigenvalue weighted by Gasteiger charge is -2.47. The molecule has 0 heterocycles. The molecule has 0 aliphatic heterocycles. The van der Waals surface area contributed by atoms with Crippen molar-refractivity contribution in [1.82, 2.24) is 0 Å². The Morgan fingerprint density at radius 2 is 1.89 bits per heavy atom. The van der Waals surface area contributed by atoms with Gasteiger partial charge in [-0.15, -0.1) is 0 Å². The predicted octanol–water partition coefficient (Wildman–Crippen LogP) is 2.64. The SMILES string of the molecule is N[C@@]1(C(=O)OCc2ccccc2)CC2CCC1CC2. The van der Waals surface area contributed by atoms with Crippen LogP contribution in [-0.2, 0) is 16.1 Å². The van der Waals surface area contributed by atoms with E-state index in [1.54, 1.807) is 0 Å². The van der Waals surface area contributed by atoms with Crippen molar-refractivity contribution < 1.29 is 9.53 Å². The number of hydrogen-bond acceptors (Lipinski definition) is 3. The van der Waals surface area contributed by atoms with Crippen molar-refractivity contribution in [2.75, 3.05) is 0 Å². The highest BCUT2D eigenvalue weighted by molar-refractivity contribution is 5.81. The third kappa shape index (κ3) is 2.39. The van der Waals surface area contributed by atoms with E-state index < -0.39 is 5.54 Å². The number of hydrogen-bond donors (Lipinski definition) is 1. The van der Waals surface area contributed by atoms with Crippen molar-refractivity contribution in [2.45, 2.75) is 44.2 Å². The number of rotatable bonds is 3. The Morgan fingerprint density at radius 3 is 2.47 bits per heavy atom. The molecule has 2 bridgehead atoms. The molecule has 102 valence electrons. The average Bonchev–Trinajstić information content (AvgIpc) is 2.47. The Balaban J connectivity index is 1.64. The quantitative estimate of drug-likeness (QED) is 0.849. The van der Waals surface area contributed by atoms with Crippen molar-refractivity contribution in [2.24, 2.45) is 17.6 Å². The van der Waals surface area contributed by atoms with Gasteiger partial charge in [-0.05, 0) is 36.7 Å². The molecule has 4 rings (SSSR count). The second-order valence-corrected chi connectivity index (χ2v) is 6.02. The second kappa shape index (κ2) is 4.97. The van der Waals surface area contributed by atoms with Gasteiger partial charge in [0.1, 0.15) is 12.1 Å². The monoisotopic (exact) mass is 259 g/mol. The van der Waals surface area contributed by atoms with E-state index in [1.807, 2.05) is 30.3 Å². The average molecular weight is 259 g/mol. The molecule has 1 aromatic rings. The van der Waals surface area contributed by atoms with Crippen LogP contribution in [0.15, 0.2) is 30.3 Å². The zero-order chi connectivity index (χ0) is 13.3. The first kappa shape index (κ1) is 12.7. The molecule has 0 amide bonds. The summed E-state index contributed by atoms with van der Waals surface area (Å²) < 4.78 is 5.46. The standard InChI is InChI=1S/C16H21NO2/c17-16(10-12-6-8-14(16)9-7-12)15(18)19-11-13-4-2-1-3-5-13/h1-5,12,14H,6-11,17H2/t12?,14?,16-/m0/s1. The van der Waals surface area contributed by atoms with Gasteiger partial charge in [0, 0.05) is 0 Å². The molecule has 2 N–H and O–H groups in total. The van der Waals surface area contributed by atoms with E-state index in [2.05, 4.69) is 0 Å². The lowest BCUT2D eigenvalue weighted by atomic mass is 9.61. The number of benzene rings is 1. The highest BCUT2D eigenvalue weighted by Crippen LogP contribution is 2.46. The molecule has 3 aliphatic carbocycles. The van der Waals surface area contributed by atoms with E-state index in [0.717, 1.165) is 24.8 Å². The molecule has 3 fully saturated rings. The molecular weight excluding hydrogens is 238 g/mol. The van der Waals surface area contributed by atoms with Crippen LogP contribution in [-0.4, -0.2) is 11.5 Å². The Morgan fingerprint density at radius 1 is 1.21 bits per heavy atom. The number of fused-ring (bicyclic) bond motifs is 3. The van der Waals surface area contributed by atoms with Gasteiger partial charge in [-0.25, -0.2) is 0 Å². The number of carbonyl (C=O) groups excluding carboxylic acids is 1. The summed E-state index contributed by atoms with van der Waals surface area (Å²) in [5.74, 6) is 0.741. The Bertz CT molecular complexity index is 451. The predicted molar refractivity (Wildman–Crippen MR) is 73.2 cm³/mol. The largest absolute Gasteiger partial charge is 0.459 e. The summed E-state index contributed by atoms with van der Waals surface area (Å²) in [4.78, 5) is 12.3. The Kier molecular flexibility index (Phi) is 3.31. The molecule has 0 saturated heterocycles. The van der Waals surface area contributed by atoms with Gasteiger partial charge < -0.3 is 10.5 Å². The topological polar surface area (TPSA) is 52.3 Å². The van der Waals surface area contributed by atoms with E-state index in [1.165, 1.54) is 12.8 Å². The van der Waals surface area contributed by atoms with Gasteiger partial charge in [0.2, 0.25) is 0 Å². The minimum Gasteiger partial charge on any atom is -0.459 e. The lowest BCUT2D eigenvalue weighted by molar-refractivity contribution is -0.158. The van der Waals surface area contributed by atoms with E-state index >= 15 is 0 Å². The molecule has 3 nitrogen and oxygen atoms in total. The minimum absolute atomic E-state index is 0.203. The third-order valence-electron chi connectivity index (χ3n) is 4.79. The molecule has 0 unspecified atom stereocenters. The van der Waals surface area contributed by atoms with Gasteiger partial charge in [0.15, 0.2) is 0 Å². The van der Waals surface area contributed by atoms with Crippen molar-refractivity contribution in [3.63, 3.8) is 0 Å².